The Balaban J connectivity index is 1.14. The maximum absolute atomic E-state index is 12.5. The third-order valence-electron chi connectivity index (χ3n) is 5.23. The highest BCUT2D eigenvalue weighted by Gasteiger charge is 2.22. The van der Waals surface area contributed by atoms with E-state index in [4.69, 9.17) is 14.0 Å². The van der Waals surface area contributed by atoms with Gasteiger partial charge in [-0.2, -0.15) is 5.10 Å². The molecule has 0 spiro atoms. The summed E-state index contributed by atoms with van der Waals surface area (Å²) in [6.07, 6.45) is 3.81. The van der Waals surface area contributed by atoms with Crippen LogP contribution in [-0.2, 0) is 17.8 Å². The van der Waals surface area contributed by atoms with Gasteiger partial charge in [-0.3, -0.25) is 4.79 Å². The van der Waals surface area contributed by atoms with Crippen LogP contribution in [0.3, 0.4) is 0 Å². The van der Waals surface area contributed by atoms with E-state index < -0.39 is 0 Å². The van der Waals surface area contributed by atoms with E-state index >= 15 is 0 Å². The van der Waals surface area contributed by atoms with Crippen molar-refractivity contribution in [1.82, 2.24) is 25.2 Å². The number of carbonyl (C=O) groups is 1. The maximum atomic E-state index is 12.5. The molecule has 2 aromatic heterocycles. The summed E-state index contributed by atoms with van der Waals surface area (Å²) in [7, 11) is 0. The predicted octanol–water partition coefficient (Wildman–Crippen LogP) is 2.88. The molecule has 4 aromatic rings. The molecule has 1 atom stereocenters. The summed E-state index contributed by atoms with van der Waals surface area (Å²) in [5, 5.41) is 10.8. The van der Waals surface area contributed by atoms with Crippen LogP contribution in [-0.4, -0.2) is 39.0 Å². The number of carbonyl (C=O) groups excluding carboxylic acids is 1. The van der Waals surface area contributed by atoms with Gasteiger partial charge in [0, 0.05) is 12.6 Å². The number of rotatable bonds is 7. The SMILES string of the molecule is O=C(NC[C@H]1OCCc2ccccc21)c1cc(COc2ccc(-n3cncn3)cc2)on1. The van der Waals surface area contributed by atoms with Gasteiger partial charge in [-0.15, -0.1) is 0 Å². The van der Waals surface area contributed by atoms with Gasteiger partial charge < -0.3 is 19.3 Å². The molecule has 32 heavy (non-hydrogen) atoms. The fraction of sp³-hybridized carbons (Fsp3) is 0.217. The van der Waals surface area contributed by atoms with Crippen LogP contribution in [0.4, 0.5) is 0 Å². The molecule has 0 saturated heterocycles. The number of fused-ring (bicyclic) bond motifs is 1. The summed E-state index contributed by atoms with van der Waals surface area (Å²) >= 11 is 0. The summed E-state index contributed by atoms with van der Waals surface area (Å²) in [6, 6.07) is 17.1. The first-order valence-corrected chi connectivity index (χ1v) is 10.3. The Kier molecular flexibility index (Phi) is 5.63. The van der Waals surface area contributed by atoms with Crippen molar-refractivity contribution in [2.24, 2.45) is 0 Å². The van der Waals surface area contributed by atoms with Crippen molar-refractivity contribution in [3.05, 3.63) is 89.8 Å². The molecule has 1 N–H and O–H groups in total. The van der Waals surface area contributed by atoms with Crippen LogP contribution in [0.2, 0.25) is 0 Å². The van der Waals surface area contributed by atoms with E-state index in [1.54, 1.807) is 17.1 Å². The first-order valence-electron chi connectivity index (χ1n) is 10.3. The third kappa shape index (κ3) is 4.37. The fourth-order valence-corrected chi connectivity index (χ4v) is 3.60. The summed E-state index contributed by atoms with van der Waals surface area (Å²) < 4.78 is 18.5. The molecule has 0 saturated carbocycles. The van der Waals surface area contributed by atoms with Crippen LogP contribution in [0.1, 0.15) is 33.5 Å². The number of nitrogens with zero attached hydrogens (tertiary/aromatic N) is 4. The third-order valence-corrected chi connectivity index (χ3v) is 5.23. The van der Waals surface area contributed by atoms with Gasteiger partial charge in [-0.05, 0) is 41.8 Å². The Bertz CT molecular complexity index is 1190. The topological polar surface area (TPSA) is 104 Å². The Morgan fingerprint density at radius 1 is 1.19 bits per heavy atom. The van der Waals surface area contributed by atoms with Crippen molar-refractivity contribution in [1.29, 1.82) is 0 Å². The van der Waals surface area contributed by atoms with Crippen LogP contribution in [0.25, 0.3) is 5.69 Å². The Morgan fingerprint density at radius 3 is 2.91 bits per heavy atom. The van der Waals surface area contributed by atoms with Crippen molar-refractivity contribution in [2.45, 2.75) is 19.1 Å². The number of amides is 1. The van der Waals surface area contributed by atoms with Crippen LogP contribution < -0.4 is 10.1 Å². The zero-order chi connectivity index (χ0) is 21.8. The fourth-order valence-electron chi connectivity index (χ4n) is 3.60. The molecule has 5 rings (SSSR count). The second kappa shape index (κ2) is 9.03. The normalized spacial score (nSPS) is 15.2. The van der Waals surface area contributed by atoms with Gasteiger partial charge in [0.1, 0.15) is 31.1 Å². The highest BCUT2D eigenvalue weighted by atomic mass is 16.5. The second-order valence-electron chi connectivity index (χ2n) is 7.32. The van der Waals surface area contributed by atoms with Crippen molar-refractivity contribution in [3.63, 3.8) is 0 Å². The van der Waals surface area contributed by atoms with Gasteiger partial charge in [0.15, 0.2) is 11.5 Å². The van der Waals surface area contributed by atoms with E-state index in [1.165, 1.54) is 11.9 Å². The molecular weight excluding hydrogens is 410 g/mol. The molecule has 0 bridgehead atoms. The summed E-state index contributed by atoms with van der Waals surface area (Å²) in [5.41, 5.74) is 3.45. The molecule has 1 amide bonds. The molecule has 1 aliphatic heterocycles. The van der Waals surface area contributed by atoms with E-state index in [0.717, 1.165) is 17.7 Å². The number of benzene rings is 2. The maximum Gasteiger partial charge on any atom is 0.273 e. The molecule has 0 aliphatic carbocycles. The largest absolute Gasteiger partial charge is 0.486 e. The molecule has 0 radical (unpaired) electrons. The zero-order valence-electron chi connectivity index (χ0n) is 17.2. The van der Waals surface area contributed by atoms with Gasteiger partial charge in [-0.25, -0.2) is 9.67 Å². The summed E-state index contributed by atoms with van der Waals surface area (Å²) in [4.78, 5) is 16.4. The Morgan fingerprint density at radius 2 is 2.06 bits per heavy atom. The number of ether oxygens (including phenoxy) is 2. The van der Waals surface area contributed by atoms with Crippen molar-refractivity contribution in [2.75, 3.05) is 13.2 Å². The van der Waals surface area contributed by atoms with Gasteiger partial charge in [0.2, 0.25) is 0 Å². The smallest absolute Gasteiger partial charge is 0.273 e. The lowest BCUT2D eigenvalue weighted by Gasteiger charge is -2.26. The highest BCUT2D eigenvalue weighted by molar-refractivity contribution is 5.92. The van der Waals surface area contributed by atoms with Gasteiger partial charge in [0.25, 0.3) is 5.91 Å². The Hall–Kier alpha value is -3.98. The lowest BCUT2D eigenvalue weighted by molar-refractivity contribution is 0.0410. The summed E-state index contributed by atoms with van der Waals surface area (Å²) in [6.45, 7) is 1.16. The van der Waals surface area contributed by atoms with Crippen molar-refractivity contribution >= 4 is 5.91 Å². The minimum atomic E-state index is -0.316. The molecular formula is C23H21N5O4. The van der Waals surface area contributed by atoms with E-state index in [1.807, 2.05) is 42.5 Å². The van der Waals surface area contributed by atoms with Crippen LogP contribution in [0.15, 0.2) is 71.8 Å². The van der Waals surface area contributed by atoms with E-state index in [2.05, 4.69) is 26.6 Å². The minimum Gasteiger partial charge on any atom is -0.486 e. The van der Waals surface area contributed by atoms with Crippen LogP contribution >= 0.6 is 0 Å². The molecule has 3 heterocycles. The quantitative estimate of drug-likeness (QED) is 0.480. The molecule has 162 valence electrons. The lowest BCUT2D eigenvalue weighted by atomic mass is 9.97. The number of nitrogens with one attached hydrogen (secondary N) is 1. The zero-order valence-corrected chi connectivity index (χ0v) is 17.2. The molecule has 0 unspecified atom stereocenters. The van der Waals surface area contributed by atoms with Crippen molar-refractivity contribution < 1.29 is 18.8 Å². The van der Waals surface area contributed by atoms with E-state index in [9.17, 15) is 4.79 Å². The van der Waals surface area contributed by atoms with Gasteiger partial charge >= 0.3 is 0 Å². The monoisotopic (exact) mass is 431 g/mol. The second-order valence-corrected chi connectivity index (χ2v) is 7.32. The molecule has 9 heteroatoms. The first kappa shape index (κ1) is 20.0. The standard InChI is InChI=1S/C23H21N5O4/c29-23(25-12-22-20-4-2-1-3-16(20)9-10-30-22)21-11-19(32-27-21)13-31-18-7-5-17(6-8-18)28-15-24-14-26-28/h1-8,11,14-15,22H,9-10,12-13H2,(H,25,29)/t22-/m1/s1. The number of hydrogen-bond acceptors (Lipinski definition) is 7. The Labute approximate surface area is 184 Å². The van der Waals surface area contributed by atoms with Gasteiger partial charge in [0.05, 0.1) is 12.3 Å². The average Bonchev–Trinajstić information content (AvgIpc) is 3.54. The number of hydrogen-bond donors (Lipinski definition) is 1. The molecule has 2 aromatic carbocycles. The van der Waals surface area contributed by atoms with E-state index in [-0.39, 0.29) is 24.3 Å². The summed E-state index contributed by atoms with van der Waals surface area (Å²) in [5.74, 6) is 0.794. The van der Waals surface area contributed by atoms with Crippen LogP contribution in [0.5, 0.6) is 5.75 Å². The van der Waals surface area contributed by atoms with Gasteiger partial charge in [-0.1, -0.05) is 29.4 Å². The van der Waals surface area contributed by atoms with E-state index in [0.29, 0.717) is 24.7 Å². The number of aromatic nitrogens is 4. The molecule has 1 aliphatic rings. The molecule has 9 nitrogen and oxygen atoms in total. The van der Waals surface area contributed by atoms with Crippen LogP contribution in [0, 0.1) is 0 Å². The van der Waals surface area contributed by atoms with Crippen molar-refractivity contribution in [3.8, 4) is 11.4 Å². The average molecular weight is 431 g/mol. The minimum absolute atomic E-state index is 0.155. The highest BCUT2D eigenvalue weighted by Crippen LogP contribution is 2.26. The predicted molar refractivity (Wildman–Crippen MR) is 113 cm³/mol. The molecule has 0 fully saturated rings. The first-order chi connectivity index (χ1) is 15.8. The lowest BCUT2D eigenvalue weighted by Crippen LogP contribution is -2.32.